The van der Waals surface area contributed by atoms with E-state index in [0.29, 0.717) is 21.3 Å². The number of anilines is 1. The van der Waals surface area contributed by atoms with E-state index in [-0.39, 0.29) is 17.1 Å². The molecule has 4 aromatic rings. The van der Waals surface area contributed by atoms with Crippen LogP contribution in [0.3, 0.4) is 0 Å². The van der Waals surface area contributed by atoms with E-state index in [9.17, 15) is 19.8 Å². The zero-order valence-electron chi connectivity index (χ0n) is 18.2. The number of aromatic nitrogens is 1. The molecular weight excluding hydrogens is 472 g/mol. The normalized spacial score (nSPS) is 17.6. The summed E-state index contributed by atoms with van der Waals surface area (Å²) in [5.41, 5.74) is 3.52. The minimum Gasteiger partial charge on any atom is -0.508 e. The number of thiazole rings is 1. The standard InChI is InChI=1S/C26H19ClN2O4S/c1-13-10-14(2)21-19(11-13)34-26(28-21)29-22(16-4-3-5-18(30)12-16)20(24(32)25(29)33)23(31)15-6-8-17(27)9-7-15/h3-12,22,30-31H,1-2H3/b23-20+. The Morgan fingerprint density at radius 1 is 1.06 bits per heavy atom. The maximum atomic E-state index is 13.3. The molecule has 1 aromatic heterocycles. The van der Waals surface area contributed by atoms with Crippen LogP contribution in [0.25, 0.3) is 16.0 Å². The van der Waals surface area contributed by atoms with Gasteiger partial charge in [-0.25, -0.2) is 4.98 Å². The Morgan fingerprint density at radius 3 is 2.50 bits per heavy atom. The Bertz CT molecular complexity index is 1510. The number of phenolic OH excluding ortho intramolecular Hbond substituents is 1. The lowest BCUT2D eigenvalue weighted by Crippen LogP contribution is -2.29. The molecule has 1 amide bonds. The number of hydrogen-bond donors (Lipinski definition) is 2. The van der Waals surface area contributed by atoms with Crippen LogP contribution in [0.1, 0.15) is 28.3 Å². The zero-order valence-corrected chi connectivity index (χ0v) is 19.8. The summed E-state index contributed by atoms with van der Waals surface area (Å²) >= 11 is 7.27. The van der Waals surface area contributed by atoms with Gasteiger partial charge in [-0.3, -0.25) is 14.5 Å². The largest absolute Gasteiger partial charge is 0.508 e. The molecule has 0 spiro atoms. The van der Waals surface area contributed by atoms with Gasteiger partial charge in [-0.1, -0.05) is 41.1 Å². The van der Waals surface area contributed by atoms with E-state index < -0.39 is 17.7 Å². The third kappa shape index (κ3) is 3.63. The van der Waals surface area contributed by atoms with Crippen LogP contribution < -0.4 is 4.90 Å². The molecule has 1 unspecified atom stereocenters. The number of ketones is 1. The molecule has 1 atom stereocenters. The van der Waals surface area contributed by atoms with Gasteiger partial charge in [0.2, 0.25) is 0 Å². The van der Waals surface area contributed by atoms with E-state index >= 15 is 0 Å². The smallest absolute Gasteiger partial charge is 0.301 e. The number of rotatable bonds is 3. The molecule has 5 rings (SSSR count). The number of carbonyl (C=O) groups is 2. The summed E-state index contributed by atoms with van der Waals surface area (Å²) in [6.07, 6.45) is 0. The molecule has 3 aromatic carbocycles. The fourth-order valence-electron chi connectivity index (χ4n) is 4.27. The Balaban J connectivity index is 1.75. The molecule has 0 bridgehead atoms. The molecule has 2 N–H and O–H groups in total. The molecule has 8 heteroatoms. The predicted octanol–water partition coefficient (Wildman–Crippen LogP) is 5.90. The number of Topliss-reactive ketones (excluding diaryl/α,β-unsaturated/α-hetero) is 1. The molecule has 1 aliphatic rings. The molecule has 170 valence electrons. The van der Waals surface area contributed by atoms with Gasteiger partial charge in [-0.2, -0.15) is 0 Å². The van der Waals surface area contributed by atoms with Crippen LogP contribution in [0.4, 0.5) is 5.13 Å². The minimum absolute atomic E-state index is 0.0228. The minimum atomic E-state index is -0.968. The molecule has 0 saturated carbocycles. The van der Waals surface area contributed by atoms with Gasteiger partial charge in [0.1, 0.15) is 11.5 Å². The summed E-state index contributed by atoms with van der Waals surface area (Å²) in [4.78, 5) is 32.6. The maximum Gasteiger partial charge on any atom is 0.301 e. The summed E-state index contributed by atoms with van der Waals surface area (Å²) in [6, 6.07) is 15.7. The molecular formula is C26H19ClN2O4S. The molecule has 1 aliphatic heterocycles. The third-order valence-electron chi connectivity index (χ3n) is 5.77. The fourth-order valence-corrected chi connectivity index (χ4v) is 5.56. The second kappa shape index (κ2) is 8.27. The lowest BCUT2D eigenvalue weighted by Gasteiger charge is -2.23. The number of phenols is 1. The van der Waals surface area contributed by atoms with E-state index in [1.165, 1.54) is 28.4 Å². The van der Waals surface area contributed by atoms with Gasteiger partial charge in [0.15, 0.2) is 5.13 Å². The number of amides is 1. The topological polar surface area (TPSA) is 90.7 Å². The van der Waals surface area contributed by atoms with Crippen molar-refractivity contribution in [2.24, 2.45) is 0 Å². The van der Waals surface area contributed by atoms with Crippen LogP contribution in [0.15, 0.2) is 66.2 Å². The van der Waals surface area contributed by atoms with Crippen LogP contribution >= 0.6 is 22.9 Å². The van der Waals surface area contributed by atoms with Crippen molar-refractivity contribution >= 4 is 55.7 Å². The van der Waals surface area contributed by atoms with Crippen molar-refractivity contribution in [3.63, 3.8) is 0 Å². The fraction of sp³-hybridized carbons (Fsp3) is 0.115. The van der Waals surface area contributed by atoms with E-state index in [4.69, 9.17) is 11.6 Å². The van der Waals surface area contributed by atoms with Crippen molar-refractivity contribution in [3.8, 4) is 5.75 Å². The predicted molar refractivity (Wildman–Crippen MR) is 133 cm³/mol. The first-order chi connectivity index (χ1) is 16.2. The quantitative estimate of drug-likeness (QED) is 0.212. The number of benzene rings is 3. The summed E-state index contributed by atoms with van der Waals surface area (Å²) in [7, 11) is 0. The highest BCUT2D eigenvalue weighted by atomic mass is 35.5. The van der Waals surface area contributed by atoms with E-state index in [1.54, 1.807) is 36.4 Å². The van der Waals surface area contributed by atoms with E-state index in [1.807, 2.05) is 26.0 Å². The lowest BCUT2D eigenvalue weighted by atomic mass is 9.95. The zero-order chi connectivity index (χ0) is 24.1. The number of fused-ring (bicyclic) bond motifs is 1. The Kier molecular flexibility index (Phi) is 5.38. The average Bonchev–Trinajstić information content (AvgIpc) is 3.33. The number of aliphatic hydroxyl groups excluding tert-OH is 1. The van der Waals surface area contributed by atoms with Crippen molar-refractivity contribution in [1.82, 2.24) is 4.98 Å². The van der Waals surface area contributed by atoms with Gasteiger partial charge >= 0.3 is 5.91 Å². The molecule has 1 fully saturated rings. The van der Waals surface area contributed by atoms with Crippen molar-refractivity contribution in [2.75, 3.05) is 4.90 Å². The van der Waals surface area contributed by atoms with Crippen LogP contribution in [0.2, 0.25) is 5.02 Å². The molecule has 2 heterocycles. The number of aromatic hydroxyl groups is 1. The third-order valence-corrected chi connectivity index (χ3v) is 7.03. The highest BCUT2D eigenvalue weighted by molar-refractivity contribution is 7.22. The molecule has 6 nitrogen and oxygen atoms in total. The average molecular weight is 491 g/mol. The number of hydrogen-bond acceptors (Lipinski definition) is 6. The molecule has 0 aliphatic carbocycles. The van der Waals surface area contributed by atoms with Gasteiger partial charge in [0.05, 0.1) is 21.8 Å². The summed E-state index contributed by atoms with van der Waals surface area (Å²) in [5.74, 6) is -1.96. The highest BCUT2D eigenvalue weighted by Gasteiger charge is 2.48. The molecule has 0 radical (unpaired) electrons. The van der Waals surface area contributed by atoms with E-state index in [2.05, 4.69) is 4.98 Å². The van der Waals surface area contributed by atoms with Gasteiger partial charge < -0.3 is 10.2 Å². The molecule has 1 saturated heterocycles. The Hall–Kier alpha value is -3.68. The van der Waals surface area contributed by atoms with Crippen LogP contribution in [0, 0.1) is 13.8 Å². The number of aryl methyl sites for hydroxylation is 2. The van der Waals surface area contributed by atoms with Crippen LogP contribution in [0.5, 0.6) is 5.75 Å². The number of carbonyl (C=O) groups excluding carboxylic acids is 2. The first-order valence-corrected chi connectivity index (χ1v) is 11.7. The van der Waals surface area contributed by atoms with E-state index in [0.717, 1.165) is 21.3 Å². The Labute approximate surface area is 204 Å². The van der Waals surface area contributed by atoms with Crippen molar-refractivity contribution in [3.05, 3.63) is 93.5 Å². The second-order valence-electron chi connectivity index (χ2n) is 8.20. The summed E-state index contributed by atoms with van der Waals surface area (Å²) in [6.45, 7) is 3.93. The second-order valence-corrected chi connectivity index (χ2v) is 9.64. The SMILES string of the molecule is Cc1cc(C)c2nc(N3C(=O)C(=O)/C(=C(/O)c4ccc(Cl)cc4)C3c3cccc(O)c3)sc2c1. The lowest BCUT2D eigenvalue weighted by molar-refractivity contribution is -0.132. The van der Waals surface area contributed by atoms with Crippen molar-refractivity contribution in [1.29, 1.82) is 0 Å². The molecule has 34 heavy (non-hydrogen) atoms. The van der Waals surface area contributed by atoms with Gasteiger partial charge in [-0.05, 0) is 73.0 Å². The highest BCUT2D eigenvalue weighted by Crippen LogP contribution is 2.45. The summed E-state index contributed by atoms with van der Waals surface area (Å²) in [5, 5.41) is 22.1. The van der Waals surface area contributed by atoms with Crippen molar-refractivity contribution in [2.45, 2.75) is 19.9 Å². The number of aliphatic hydroxyl groups is 1. The Morgan fingerprint density at radius 2 is 1.79 bits per heavy atom. The van der Waals surface area contributed by atoms with Gasteiger partial charge in [-0.15, -0.1) is 0 Å². The maximum absolute atomic E-state index is 13.3. The number of halogens is 1. The number of nitrogens with zero attached hydrogens (tertiary/aromatic N) is 2. The van der Waals surface area contributed by atoms with Crippen LogP contribution in [-0.4, -0.2) is 26.9 Å². The van der Waals surface area contributed by atoms with Crippen molar-refractivity contribution < 1.29 is 19.8 Å². The first kappa shape index (κ1) is 22.1. The monoisotopic (exact) mass is 490 g/mol. The van der Waals surface area contributed by atoms with Gasteiger partial charge in [0.25, 0.3) is 5.78 Å². The first-order valence-electron chi connectivity index (χ1n) is 10.5. The summed E-state index contributed by atoms with van der Waals surface area (Å²) < 4.78 is 0.891. The van der Waals surface area contributed by atoms with Crippen LogP contribution in [-0.2, 0) is 9.59 Å². The van der Waals surface area contributed by atoms with Gasteiger partial charge in [0, 0.05) is 10.6 Å².